The van der Waals surface area contributed by atoms with E-state index in [1.165, 1.54) is 0 Å². The Morgan fingerprint density at radius 2 is 2.24 bits per heavy atom. The number of hydrogen-bond acceptors (Lipinski definition) is 4. The number of halogens is 1. The van der Waals surface area contributed by atoms with Crippen molar-refractivity contribution in [1.29, 1.82) is 5.26 Å². The van der Waals surface area contributed by atoms with Crippen molar-refractivity contribution < 1.29 is 4.42 Å². The maximum absolute atomic E-state index is 8.79. The minimum atomic E-state index is 0.332. The van der Waals surface area contributed by atoms with Crippen LogP contribution in [0.3, 0.4) is 0 Å². The van der Waals surface area contributed by atoms with Crippen LogP contribution in [0.5, 0.6) is 0 Å². The van der Waals surface area contributed by atoms with Gasteiger partial charge >= 0.3 is 0 Å². The average Bonchev–Trinajstić information content (AvgIpc) is 2.90. The highest BCUT2D eigenvalue weighted by Gasteiger charge is 2.26. The molecule has 1 aliphatic heterocycles. The minimum absolute atomic E-state index is 0.332. The zero-order valence-corrected chi connectivity index (χ0v) is 12.8. The molecule has 0 amide bonds. The molecular weight excluding hydrogens is 286 g/mol. The predicted octanol–water partition coefficient (Wildman–Crippen LogP) is 3.96. The lowest BCUT2D eigenvalue weighted by Gasteiger charge is -2.34. The fraction of sp³-hybridized carbons (Fsp3) is 0.500. The van der Waals surface area contributed by atoms with Crippen LogP contribution in [0, 0.1) is 11.3 Å². The molecule has 0 spiro atoms. The van der Waals surface area contributed by atoms with Crippen LogP contribution >= 0.6 is 11.6 Å². The van der Waals surface area contributed by atoms with E-state index in [4.69, 9.17) is 21.3 Å². The van der Waals surface area contributed by atoms with E-state index in [1.807, 2.05) is 18.2 Å². The average molecular weight is 304 g/mol. The van der Waals surface area contributed by atoms with Gasteiger partial charge < -0.3 is 4.42 Å². The zero-order chi connectivity index (χ0) is 14.8. The summed E-state index contributed by atoms with van der Waals surface area (Å²) in [4.78, 5) is 6.96. The highest BCUT2D eigenvalue weighted by molar-refractivity contribution is 6.31. The summed E-state index contributed by atoms with van der Waals surface area (Å²) in [6, 6.07) is 8.12. The van der Waals surface area contributed by atoms with E-state index < -0.39 is 0 Å². The lowest BCUT2D eigenvalue weighted by Crippen LogP contribution is -2.39. The Hall–Kier alpha value is -1.57. The molecule has 110 valence electrons. The Balaban J connectivity index is 1.69. The monoisotopic (exact) mass is 303 g/mol. The van der Waals surface area contributed by atoms with Crippen molar-refractivity contribution in [2.45, 2.75) is 38.1 Å². The van der Waals surface area contributed by atoms with E-state index in [-0.39, 0.29) is 0 Å². The van der Waals surface area contributed by atoms with Crippen LogP contribution < -0.4 is 0 Å². The Labute approximate surface area is 129 Å². The van der Waals surface area contributed by atoms with Gasteiger partial charge in [0.25, 0.3) is 0 Å². The summed E-state index contributed by atoms with van der Waals surface area (Å²) < 4.78 is 5.87. The van der Waals surface area contributed by atoms with Crippen molar-refractivity contribution in [2.24, 2.45) is 0 Å². The Morgan fingerprint density at radius 1 is 1.48 bits per heavy atom. The SMILES string of the molecule is CC(CC#N)N1CCC(c2nc3cc(Cl)ccc3o2)CC1. The summed E-state index contributed by atoms with van der Waals surface area (Å²) >= 11 is 5.98. The lowest BCUT2D eigenvalue weighted by atomic mass is 9.95. The first-order chi connectivity index (χ1) is 10.2. The number of hydrogen-bond donors (Lipinski definition) is 0. The number of fused-ring (bicyclic) bond motifs is 1. The first-order valence-electron chi connectivity index (χ1n) is 7.34. The smallest absolute Gasteiger partial charge is 0.198 e. The van der Waals surface area contributed by atoms with Gasteiger partial charge in [0.1, 0.15) is 5.52 Å². The number of benzene rings is 1. The highest BCUT2D eigenvalue weighted by atomic mass is 35.5. The molecule has 1 fully saturated rings. The maximum Gasteiger partial charge on any atom is 0.198 e. The molecule has 0 N–H and O–H groups in total. The molecule has 0 bridgehead atoms. The summed E-state index contributed by atoms with van der Waals surface area (Å²) in [6.45, 7) is 4.10. The number of nitrogens with zero attached hydrogens (tertiary/aromatic N) is 3. The third-order valence-electron chi connectivity index (χ3n) is 4.25. The summed E-state index contributed by atoms with van der Waals surface area (Å²) in [5, 5.41) is 9.47. The van der Waals surface area contributed by atoms with Gasteiger partial charge in [0.2, 0.25) is 0 Å². The molecule has 1 saturated heterocycles. The fourth-order valence-electron chi connectivity index (χ4n) is 2.94. The molecule has 2 heterocycles. The number of oxazole rings is 1. The molecule has 1 aliphatic rings. The van der Waals surface area contributed by atoms with Crippen LogP contribution in [-0.2, 0) is 0 Å². The molecule has 3 rings (SSSR count). The number of likely N-dealkylation sites (tertiary alicyclic amines) is 1. The highest BCUT2D eigenvalue weighted by Crippen LogP contribution is 2.31. The van der Waals surface area contributed by atoms with E-state index >= 15 is 0 Å². The second-order valence-electron chi connectivity index (χ2n) is 5.69. The summed E-state index contributed by atoms with van der Waals surface area (Å²) in [6.07, 6.45) is 2.64. The molecule has 0 saturated carbocycles. The summed E-state index contributed by atoms with van der Waals surface area (Å²) in [5.74, 6) is 1.18. The van der Waals surface area contributed by atoms with E-state index in [0.717, 1.165) is 42.9 Å². The van der Waals surface area contributed by atoms with Crippen LogP contribution in [0.4, 0.5) is 0 Å². The molecule has 2 aromatic rings. The fourth-order valence-corrected chi connectivity index (χ4v) is 3.11. The third-order valence-corrected chi connectivity index (χ3v) is 4.49. The second kappa shape index (κ2) is 6.05. The minimum Gasteiger partial charge on any atom is -0.440 e. The molecule has 1 aromatic heterocycles. The molecule has 1 atom stereocenters. The van der Waals surface area contributed by atoms with Gasteiger partial charge in [0.05, 0.1) is 12.5 Å². The number of aromatic nitrogens is 1. The van der Waals surface area contributed by atoms with Crippen molar-refractivity contribution in [3.05, 3.63) is 29.1 Å². The van der Waals surface area contributed by atoms with E-state index in [9.17, 15) is 0 Å². The number of nitriles is 1. The first kappa shape index (κ1) is 14.4. The van der Waals surface area contributed by atoms with E-state index in [2.05, 4.69) is 22.9 Å². The molecule has 0 aliphatic carbocycles. The van der Waals surface area contributed by atoms with Crippen LogP contribution in [0.25, 0.3) is 11.1 Å². The number of piperidine rings is 1. The normalized spacial score (nSPS) is 18.7. The van der Waals surface area contributed by atoms with Crippen LogP contribution in [0.15, 0.2) is 22.6 Å². The van der Waals surface area contributed by atoms with Gasteiger partial charge in [-0.3, -0.25) is 4.90 Å². The van der Waals surface area contributed by atoms with E-state index in [1.54, 1.807) is 0 Å². The van der Waals surface area contributed by atoms with Gasteiger partial charge in [-0.1, -0.05) is 11.6 Å². The van der Waals surface area contributed by atoms with Gasteiger partial charge in [-0.15, -0.1) is 0 Å². The Bertz CT molecular complexity index is 668. The molecule has 0 radical (unpaired) electrons. The van der Waals surface area contributed by atoms with Crippen molar-refractivity contribution in [3.63, 3.8) is 0 Å². The largest absolute Gasteiger partial charge is 0.440 e. The van der Waals surface area contributed by atoms with Crippen LogP contribution in [0.1, 0.15) is 38.0 Å². The maximum atomic E-state index is 8.79. The van der Waals surface area contributed by atoms with Gasteiger partial charge in [-0.25, -0.2) is 4.98 Å². The Kier molecular flexibility index (Phi) is 4.14. The molecule has 21 heavy (non-hydrogen) atoms. The second-order valence-corrected chi connectivity index (χ2v) is 6.12. The van der Waals surface area contributed by atoms with Crippen LogP contribution in [-0.4, -0.2) is 29.0 Å². The molecule has 4 nitrogen and oxygen atoms in total. The standard InChI is InChI=1S/C16H18ClN3O/c1-11(4-7-18)20-8-5-12(6-9-20)16-19-14-10-13(17)2-3-15(14)21-16/h2-3,10-12H,4-6,8-9H2,1H3. The van der Waals surface area contributed by atoms with Crippen molar-refractivity contribution in [3.8, 4) is 6.07 Å². The number of rotatable bonds is 3. The van der Waals surface area contributed by atoms with Crippen molar-refractivity contribution >= 4 is 22.7 Å². The topological polar surface area (TPSA) is 53.1 Å². The van der Waals surface area contributed by atoms with Gasteiger partial charge in [0, 0.05) is 17.0 Å². The zero-order valence-electron chi connectivity index (χ0n) is 12.1. The van der Waals surface area contributed by atoms with Crippen molar-refractivity contribution in [2.75, 3.05) is 13.1 Å². The molecule has 5 heteroatoms. The molecule has 1 unspecified atom stereocenters. The van der Waals surface area contributed by atoms with E-state index in [0.29, 0.717) is 23.4 Å². The van der Waals surface area contributed by atoms with Gasteiger partial charge in [-0.2, -0.15) is 5.26 Å². The first-order valence-corrected chi connectivity index (χ1v) is 7.72. The van der Waals surface area contributed by atoms with Gasteiger partial charge in [-0.05, 0) is 51.1 Å². The lowest BCUT2D eigenvalue weighted by molar-refractivity contribution is 0.156. The summed E-state index contributed by atoms with van der Waals surface area (Å²) in [5.41, 5.74) is 1.63. The van der Waals surface area contributed by atoms with Gasteiger partial charge in [0.15, 0.2) is 11.5 Å². The molecule has 1 aromatic carbocycles. The molecular formula is C16H18ClN3O. The Morgan fingerprint density at radius 3 is 2.95 bits per heavy atom. The quantitative estimate of drug-likeness (QED) is 0.861. The predicted molar refractivity (Wildman–Crippen MR) is 82.3 cm³/mol. The van der Waals surface area contributed by atoms with Crippen molar-refractivity contribution in [1.82, 2.24) is 9.88 Å². The van der Waals surface area contributed by atoms with Crippen LogP contribution in [0.2, 0.25) is 5.02 Å². The third kappa shape index (κ3) is 3.04. The summed E-state index contributed by atoms with van der Waals surface area (Å²) in [7, 11) is 0.